The third kappa shape index (κ3) is 4.77. The molecule has 3 aromatic rings. The number of nitrogens with one attached hydrogen (secondary N) is 2. The molecule has 0 fully saturated rings. The summed E-state index contributed by atoms with van der Waals surface area (Å²) in [5.41, 5.74) is 1.90. The zero-order valence-corrected chi connectivity index (χ0v) is 16.6. The molecule has 0 aliphatic heterocycles. The number of carbonyl (C=O) groups is 1. The van der Waals surface area contributed by atoms with Gasteiger partial charge in [-0.3, -0.25) is 14.5 Å². The standard InChI is InChI=1S/C20H22N4O3S/c1-26-16-7-3-14(4-8-16)13-21-18(25)11-12-24-19(22-23-20(24)28)15-5-9-17(27-2)10-6-15/h3-10H,11-13H2,1-2H3,(H,21,25)(H,23,28). The van der Waals surface area contributed by atoms with E-state index in [9.17, 15) is 4.79 Å². The Morgan fingerprint density at radius 2 is 1.68 bits per heavy atom. The minimum atomic E-state index is -0.0559. The average molecular weight is 398 g/mol. The van der Waals surface area contributed by atoms with Crippen molar-refractivity contribution in [2.75, 3.05) is 14.2 Å². The molecule has 3 rings (SSSR count). The summed E-state index contributed by atoms with van der Waals surface area (Å²) < 4.78 is 12.6. The smallest absolute Gasteiger partial charge is 0.222 e. The zero-order valence-electron chi connectivity index (χ0n) is 15.8. The van der Waals surface area contributed by atoms with Gasteiger partial charge in [0.25, 0.3) is 0 Å². The van der Waals surface area contributed by atoms with Gasteiger partial charge in [0, 0.05) is 25.1 Å². The SMILES string of the molecule is COc1ccc(CNC(=O)CCn2c(-c3ccc(OC)cc3)n[nH]c2=S)cc1. The first-order valence-corrected chi connectivity index (χ1v) is 9.21. The highest BCUT2D eigenvalue weighted by Gasteiger charge is 2.11. The van der Waals surface area contributed by atoms with Gasteiger partial charge < -0.3 is 14.8 Å². The number of aromatic amines is 1. The Hall–Kier alpha value is -3.13. The number of hydrogen-bond acceptors (Lipinski definition) is 5. The monoisotopic (exact) mass is 398 g/mol. The lowest BCUT2D eigenvalue weighted by atomic mass is 10.2. The molecule has 7 nitrogen and oxygen atoms in total. The molecule has 0 aliphatic rings. The summed E-state index contributed by atoms with van der Waals surface area (Å²) >= 11 is 5.31. The Morgan fingerprint density at radius 3 is 2.29 bits per heavy atom. The number of benzene rings is 2. The van der Waals surface area contributed by atoms with Crippen molar-refractivity contribution in [3.63, 3.8) is 0 Å². The summed E-state index contributed by atoms with van der Waals surface area (Å²) in [5.74, 6) is 2.19. The van der Waals surface area contributed by atoms with Crippen molar-refractivity contribution in [2.45, 2.75) is 19.5 Å². The van der Waals surface area contributed by atoms with Crippen LogP contribution in [0.2, 0.25) is 0 Å². The summed E-state index contributed by atoms with van der Waals surface area (Å²) in [6.45, 7) is 0.899. The molecule has 8 heteroatoms. The number of aromatic nitrogens is 3. The van der Waals surface area contributed by atoms with Crippen molar-refractivity contribution in [3.05, 3.63) is 58.9 Å². The van der Waals surface area contributed by atoms with Gasteiger partial charge >= 0.3 is 0 Å². The van der Waals surface area contributed by atoms with E-state index in [0.29, 0.717) is 30.1 Å². The third-order valence-electron chi connectivity index (χ3n) is 4.32. The topological polar surface area (TPSA) is 81.2 Å². The van der Waals surface area contributed by atoms with Crippen LogP contribution in [0.15, 0.2) is 48.5 Å². The van der Waals surface area contributed by atoms with E-state index in [1.807, 2.05) is 53.1 Å². The van der Waals surface area contributed by atoms with Crippen molar-refractivity contribution in [2.24, 2.45) is 0 Å². The number of hydrogen-bond donors (Lipinski definition) is 2. The first-order chi connectivity index (χ1) is 13.6. The van der Waals surface area contributed by atoms with Gasteiger partial charge in [0.15, 0.2) is 10.6 Å². The summed E-state index contributed by atoms with van der Waals surface area (Å²) in [4.78, 5) is 12.2. The molecular weight excluding hydrogens is 376 g/mol. The number of H-pyrrole nitrogens is 1. The molecule has 2 aromatic carbocycles. The van der Waals surface area contributed by atoms with Crippen LogP contribution in [0, 0.1) is 4.77 Å². The second kappa shape index (κ2) is 9.18. The number of nitrogens with zero attached hydrogens (tertiary/aromatic N) is 2. The van der Waals surface area contributed by atoms with Crippen LogP contribution >= 0.6 is 12.2 Å². The van der Waals surface area contributed by atoms with Crippen LogP contribution in [0.3, 0.4) is 0 Å². The Morgan fingerprint density at radius 1 is 1.07 bits per heavy atom. The molecule has 2 N–H and O–H groups in total. The normalized spacial score (nSPS) is 10.5. The molecule has 0 saturated heterocycles. The van der Waals surface area contributed by atoms with Gasteiger partial charge in [0.1, 0.15) is 11.5 Å². The van der Waals surface area contributed by atoms with Crippen LogP contribution in [-0.4, -0.2) is 34.9 Å². The maximum absolute atomic E-state index is 12.2. The van der Waals surface area contributed by atoms with Gasteiger partial charge in [-0.15, -0.1) is 0 Å². The van der Waals surface area contributed by atoms with Crippen LogP contribution in [-0.2, 0) is 17.9 Å². The number of rotatable bonds is 8. The molecule has 28 heavy (non-hydrogen) atoms. The molecule has 0 atom stereocenters. The van der Waals surface area contributed by atoms with E-state index in [0.717, 1.165) is 22.6 Å². The number of carbonyl (C=O) groups excluding carboxylic acids is 1. The Bertz CT molecular complexity index is 978. The van der Waals surface area contributed by atoms with Crippen molar-refractivity contribution in [3.8, 4) is 22.9 Å². The lowest BCUT2D eigenvalue weighted by Gasteiger charge is -2.09. The third-order valence-corrected chi connectivity index (χ3v) is 4.63. The molecule has 0 unspecified atom stereocenters. The lowest BCUT2D eigenvalue weighted by molar-refractivity contribution is -0.121. The van der Waals surface area contributed by atoms with E-state index >= 15 is 0 Å². The van der Waals surface area contributed by atoms with Crippen LogP contribution in [0.1, 0.15) is 12.0 Å². The average Bonchev–Trinajstić information content (AvgIpc) is 3.11. The van der Waals surface area contributed by atoms with Gasteiger partial charge in [0.2, 0.25) is 5.91 Å². The van der Waals surface area contributed by atoms with Crippen LogP contribution in [0.25, 0.3) is 11.4 Å². The van der Waals surface area contributed by atoms with Gasteiger partial charge in [0.05, 0.1) is 14.2 Å². The maximum atomic E-state index is 12.2. The predicted molar refractivity (Wildman–Crippen MR) is 109 cm³/mol. The first-order valence-electron chi connectivity index (χ1n) is 8.80. The molecule has 1 heterocycles. The number of methoxy groups -OCH3 is 2. The van der Waals surface area contributed by atoms with Gasteiger partial charge in [-0.1, -0.05) is 12.1 Å². The minimum absolute atomic E-state index is 0.0559. The maximum Gasteiger partial charge on any atom is 0.222 e. The molecule has 146 valence electrons. The molecule has 0 spiro atoms. The molecule has 0 aliphatic carbocycles. The van der Waals surface area contributed by atoms with Crippen molar-refractivity contribution in [1.82, 2.24) is 20.1 Å². The fourth-order valence-electron chi connectivity index (χ4n) is 2.73. The first kappa shape index (κ1) is 19.6. The summed E-state index contributed by atoms with van der Waals surface area (Å²) in [6.07, 6.45) is 0.299. The van der Waals surface area contributed by atoms with E-state index in [2.05, 4.69) is 15.5 Å². The molecule has 0 saturated carbocycles. The Labute approximate surface area is 168 Å². The van der Waals surface area contributed by atoms with E-state index in [1.165, 1.54) is 0 Å². The minimum Gasteiger partial charge on any atom is -0.497 e. The number of amides is 1. The largest absolute Gasteiger partial charge is 0.497 e. The predicted octanol–water partition coefficient (Wildman–Crippen LogP) is 3.33. The lowest BCUT2D eigenvalue weighted by Crippen LogP contribution is -2.24. The highest BCUT2D eigenvalue weighted by atomic mass is 32.1. The Balaban J connectivity index is 1.60. The molecule has 1 amide bonds. The van der Waals surface area contributed by atoms with E-state index < -0.39 is 0 Å². The van der Waals surface area contributed by atoms with E-state index in [1.54, 1.807) is 14.2 Å². The van der Waals surface area contributed by atoms with Crippen molar-refractivity contribution < 1.29 is 14.3 Å². The molecule has 0 bridgehead atoms. The summed E-state index contributed by atoms with van der Waals surface area (Å²) in [5, 5.41) is 10.0. The molecule has 0 radical (unpaired) electrons. The van der Waals surface area contributed by atoms with Gasteiger partial charge in [-0.2, -0.15) is 5.10 Å². The van der Waals surface area contributed by atoms with Gasteiger partial charge in [-0.05, 0) is 54.2 Å². The van der Waals surface area contributed by atoms with E-state index in [-0.39, 0.29) is 5.91 Å². The molecule has 1 aromatic heterocycles. The quantitative estimate of drug-likeness (QED) is 0.569. The highest BCUT2D eigenvalue weighted by Crippen LogP contribution is 2.21. The van der Waals surface area contributed by atoms with Gasteiger partial charge in [-0.25, -0.2) is 0 Å². The fourth-order valence-corrected chi connectivity index (χ4v) is 2.95. The van der Waals surface area contributed by atoms with Crippen molar-refractivity contribution in [1.29, 1.82) is 0 Å². The Kier molecular flexibility index (Phi) is 6.44. The van der Waals surface area contributed by atoms with E-state index in [4.69, 9.17) is 21.7 Å². The van der Waals surface area contributed by atoms with Crippen molar-refractivity contribution >= 4 is 18.1 Å². The second-order valence-corrected chi connectivity index (χ2v) is 6.49. The zero-order chi connectivity index (χ0) is 19.9. The van der Waals surface area contributed by atoms with Crippen LogP contribution in [0.4, 0.5) is 0 Å². The highest BCUT2D eigenvalue weighted by molar-refractivity contribution is 7.71. The van der Waals surface area contributed by atoms with Crippen LogP contribution < -0.4 is 14.8 Å². The van der Waals surface area contributed by atoms with Crippen LogP contribution in [0.5, 0.6) is 11.5 Å². The number of ether oxygens (including phenoxy) is 2. The fraction of sp³-hybridized carbons (Fsp3) is 0.250. The second-order valence-electron chi connectivity index (χ2n) is 6.11. The summed E-state index contributed by atoms with van der Waals surface area (Å²) in [6, 6.07) is 15.1. The summed E-state index contributed by atoms with van der Waals surface area (Å²) in [7, 11) is 3.24. The molecular formula is C20H22N4O3S.